The van der Waals surface area contributed by atoms with Crippen LogP contribution >= 0.6 is 11.6 Å². The first kappa shape index (κ1) is 27.7. The molecule has 0 N–H and O–H groups in total. The zero-order valence-electron chi connectivity index (χ0n) is 22.0. The minimum absolute atomic E-state index is 0.293. The molecule has 0 radical (unpaired) electrons. The SMILES string of the molecule is CC[C@@H]1CCN(CC)c2cc(ccc2OCCCCc2cccc(Cl)c2)C(=O)N=[S-](=O)C[C@@H]2CC=C2C1. The molecule has 37 heavy (non-hydrogen) atoms. The molecule has 2 atom stereocenters. The Hall–Kier alpha value is -2.31. The van der Waals surface area contributed by atoms with Crippen molar-refractivity contribution in [2.75, 3.05) is 30.3 Å². The number of hydrogen-bond donors (Lipinski definition) is 0. The number of hydrogen-bond acceptors (Lipinski definition) is 5. The van der Waals surface area contributed by atoms with E-state index >= 15 is 0 Å². The highest BCUT2D eigenvalue weighted by Crippen LogP contribution is 2.36. The molecule has 1 amide bonds. The molecule has 2 aromatic carbocycles. The average Bonchev–Trinajstić information content (AvgIpc) is 2.88. The maximum absolute atomic E-state index is 12.9. The number of benzene rings is 2. The molecule has 0 aromatic heterocycles. The van der Waals surface area contributed by atoms with Crippen molar-refractivity contribution in [3.8, 4) is 5.75 Å². The molecule has 1 heterocycles. The van der Waals surface area contributed by atoms with Gasteiger partial charge >= 0.3 is 0 Å². The maximum atomic E-state index is 12.9. The fraction of sp³-hybridized carbons (Fsp3) is 0.500. The van der Waals surface area contributed by atoms with Gasteiger partial charge in [0.15, 0.2) is 0 Å². The lowest BCUT2D eigenvalue weighted by Gasteiger charge is -2.33. The number of ether oxygens (including phenoxy) is 1. The maximum Gasteiger partial charge on any atom is 0.254 e. The Kier molecular flexibility index (Phi) is 10.1. The molecule has 200 valence electrons. The summed E-state index contributed by atoms with van der Waals surface area (Å²) in [4.78, 5) is 15.2. The number of allylic oxidation sites excluding steroid dienone is 2. The van der Waals surface area contributed by atoms with Crippen molar-refractivity contribution in [3.05, 3.63) is 70.3 Å². The molecule has 1 aliphatic heterocycles. The van der Waals surface area contributed by atoms with Crippen LogP contribution in [0.1, 0.15) is 68.3 Å². The lowest BCUT2D eigenvalue weighted by molar-refractivity contribution is 0.100. The summed E-state index contributed by atoms with van der Waals surface area (Å²) >= 11 is 6.10. The zero-order valence-corrected chi connectivity index (χ0v) is 23.5. The van der Waals surface area contributed by atoms with Crippen LogP contribution in [0.15, 0.2) is 58.5 Å². The third-order valence-corrected chi connectivity index (χ3v) is 8.85. The smallest absolute Gasteiger partial charge is 0.254 e. The van der Waals surface area contributed by atoms with Gasteiger partial charge in [0.25, 0.3) is 5.91 Å². The fourth-order valence-electron chi connectivity index (χ4n) is 5.13. The topological polar surface area (TPSA) is 59.0 Å². The molecule has 2 bridgehead atoms. The summed E-state index contributed by atoms with van der Waals surface area (Å²) in [6, 6.07) is 13.5. The molecule has 2 aromatic rings. The lowest BCUT2D eigenvalue weighted by Crippen LogP contribution is -2.28. The number of carbonyl (C=O) groups is 1. The third-order valence-electron chi connectivity index (χ3n) is 7.56. The molecule has 5 nitrogen and oxygen atoms in total. The van der Waals surface area contributed by atoms with Crippen molar-refractivity contribution in [3.63, 3.8) is 0 Å². The van der Waals surface area contributed by atoms with Crippen LogP contribution in [-0.4, -0.2) is 31.4 Å². The van der Waals surface area contributed by atoms with Crippen molar-refractivity contribution in [1.82, 2.24) is 0 Å². The molecule has 4 rings (SSSR count). The van der Waals surface area contributed by atoms with E-state index in [1.807, 2.05) is 30.3 Å². The number of amides is 1. The highest BCUT2D eigenvalue weighted by atomic mass is 35.5. The van der Waals surface area contributed by atoms with Gasteiger partial charge in [-0.2, -0.15) is 10.6 Å². The van der Waals surface area contributed by atoms with Gasteiger partial charge in [-0.1, -0.05) is 54.5 Å². The molecular weight excluding hydrogens is 504 g/mol. The Morgan fingerprint density at radius 2 is 2.03 bits per heavy atom. The summed E-state index contributed by atoms with van der Waals surface area (Å²) in [6.07, 6.45) is 9.32. The van der Waals surface area contributed by atoms with Gasteiger partial charge in [-0.25, -0.2) is 0 Å². The van der Waals surface area contributed by atoms with E-state index in [1.165, 1.54) is 11.1 Å². The summed E-state index contributed by atoms with van der Waals surface area (Å²) in [6.45, 7) is 6.70. The van der Waals surface area contributed by atoms with Crippen LogP contribution in [0.2, 0.25) is 5.02 Å². The van der Waals surface area contributed by atoms with Crippen molar-refractivity contribution in [1.29, 1.82) is 0 Å². The van der Waals surface area contributed by atoms with E-state index in [4.69, 9.17) is 16.3 Å². The number of fused-ring (bicyclic) bond motifs is 3. The Labute approximate surface area is 228 Å². The summed E-state index contributed by atoms with van der Waals surface area (Å²) in [5, 5.41) is 0.767. The molecule has 2 aliphatic rings. The first-order valence-corrected chi connectivity index (χ1v) is 15.2. The minimum atomic E-state index is -1.52. The van der Waals surface area contributed by atoms with Crippen LogP contribution in [0.25, 0.3) is 0 Å². The monoisotopic (exact) mass is 541 g/mol. The predicted molar refractivity (Wildman–Crippen MR) is 153 cm³/mol. The Morgan fingerprint density at radius 3 is 2.76 bits per heavy atom. The lowest BCUT2D eigenvalue weighted by atomic mass is 9.79. The van der Waals surface area contributed by atoms with Crippen LogP contribution in [-0.2, 0) is 21.2 Å². The predicted octanol–water partition coefficient (Wildman–Crippen LogP) is 7.62. The Bertz CT molecular complexity index is 1210. The number of anilines is 1. The molecule has 1 aliphatic carbocycles. The normalized spacial score (nSPS) is 20.8. The van der Waals surface area contributed by atoms with Gasteiger partial charge in [0.05, 0.1) is 12.3 Å². The first-order chi connectivity index (χ1) is 18.0. The quantitative estimate of drug-likeness (QED) is 0.196. The van der Waals surface area contributed by atoms with Crippen molar-refractivity contribution in [2.45, 2.75) is 58.8 Å². The summed E-state index contributed by atoms with van der Waals surface area (Å²) in [7, 11) is -1.52. The molecule has 0 fully saturated rings. The van der Waals surface area contributed by atoms with Crippen LogP contribution in [0.3, 0.4) is 0 Å². The van der Waals surface area contributed by atoms with Gasteiger partial charge in [-0.05, 0) is 93.2 Å². The van der Waals surface area contributed by atoms with Crippen molar-refractivity contribution in [2.24, 2.45) is 16.2 Å². The molecule has 0 unspecified atom stereocenters. The number of halogens is 1. The van der Waals surface area contributed by atoms with E-state index in [1.54, 1.807) is 6.07 Å². The number of carbonyl (C=O) groups excluding carboxylic acids is 1. The van der Waals surface area contributed by atoms with Crippen LogP contribution in [0.5, 0.6) is 5.75 Å². The van der Waals surface area contributed by atoms with E-state index in [0.717, 1.165) is 74.5 Å². The standard InChI is InChI=1S/C30H38ClN2O3S/c1-3-22-15-16-33(4-2)28-20-25(30(34)32-37(35)21-26-12-11-24(26)18-22)13-14-29(28)36-17-6-5-8-23-9-7-10-27(31)19-23/h7,9-11,13-14,19-20,22,26H,3-6,8,12,15-18,21H2,1-2H3/q-1/t22-,26+/m1/s1. The highest BCUT2D eigenvalue weighted by Gasteiger charge is 2.23. The van der Waals surface area contributed by atoms with Gasteiger partial charge in [0.2, 0.25) is 0 Å². The van der Waals surface area contributed by atoms with E-state index in [0.29, 0.717) is 29.8 Å². The highest BCUT2D eigenvalue weighted by molar-refractivity contribution is 7.75. The Morgan fingerprint density at radius 1 is 1.16 bits per heavy atom. The third kappa shape index (κ3) is 7.61. The molecule has 7 heteroatoms. The molecular formula is C30H38ClN2O3S-. The molecule has 0 saturated heterocycles. The van der Waals surface area contributed by atoms with Crippen LogP contribution in [0.4, 0.5) is 5.69 Å². The van der Waals surface area contributed by atoms with Gasteiger partial charge in [-0.3, -0.25) is 4.79 Å². The average molecular weight is 542 g/mol. The van der Waals surface area contributed by atoms with E-state index < -0.39 is 16.5 Å². The molecule has 0 spiro atoms. The second kappa shape index (κ2) is 13.5. The second-order valence-corrected chi connectivity index (χ2v) is 11.7. The van der Waals surface area contributed by atoms with Gasteiger partial charge in [-0.15, -0.1) is 0 Å². The van der Waals surface area contributed by atoms with Crippen LogP contribution in [0, 0.1) is 11.8 Å². The minimum Gasteiger partial charge on any atom is -0.491 e. The van der Waals surface area contributed by atoms with Crippen LogP contribution < -0.4 is 9.64 Å². The first-order valence-electron chi connectivity index (χ1n) is 13.6. The fourth-order valence-corrected chi connectivity index (χ4v) is 6.40. The van der Waals surface area contributed by atoms with E-state index in [9.17, 15) is 9.00 Å². The number of aryl methyl sites for hydroxylation is 1. The van der Waals surface area contributed by atoms with Gasteiger partial charge in [0.1, 0.15) is 5.75 Å². The zero-order chi connectivity index (χ0) is 26.2. The van der Waals surface area contributed by atoms with Gasteiger partial charge < -0.3 is 18.2 Å². The summed E-state index contributed by atoms with van der Waals surface area (Å²) in [5.41, 5.74) is 4.00. The van der Waals surface area contributed by atoms with E-state index in [2.05, 4.69) is 35.3 Å². The number of nitrogens with zero attached hydrogens (tertiary/aromatic N) is 2. The van der Waals surface area contributed by atoms with Crippen molar-refractivity contribution >= 4 is 33.8 Å². The summed E-state index contributed by atoms with van der Waals surface area (Å²) in [5.74, 6) is 1.68. The van der Waals surface area contributed by atoms with Gasteiger partial charge in [0, 0.05) is 23.7 Å². The van der Waals surface area contributed by atoms with E-state index in [-0.39, 0.29) is 0 Å². The number of rotatable bonds is 8. The summed E-state index contributed by atoms with van der Waals surface area (Å²) < 4.78 is 23.0. The second-order valence-electron chi connectivity index (χ2n) is 10.1. The molecule has 0 saturated carbocycles. The largest absolute Gasteiger partial charge is 0.491 e. The number of unbranched alkanes of at least 4 members (excludes halogenated alkanes) is 1. The Balaban J connectivity index is 1.49. The van der Waals surface area contributed by atoms with Crippen molar-refractivity contribution < 1.29 is 13.7 Å².